The summed E-state index contributed by atoms with van der Waals surface area (Å²) in [5, 5.41) is 18.1. The van der Waals surface area contributed by atoms with Gasteiger partial charge in [0.2, 0.25) is 0 Å². The molecule has 6 nitrogen and oxygen atoms in total. The van der Waals surface area contributed by atoms with E-state index in [9.17, 15) is 19.5 Å². The van der Waals surface area contributed by atoms with E-state index in [-0.39, 0.29) is 12.0 Å². The number of carboxylic acids is 2. The molecule has 2 N–H and O–H groups in total. The van der Waals surface area contributed by atoms with Crippen molar-refractivity contribution in [2.75, 3.05) is 6.61 Å². The van der Waals surface area contributed by atoms with Crippen molar-refractivity contribution >= 4 is 17.9 Å². The van der Waals surface area contributed by atoms with Crippen LogP contribution in [0.2, 0.25) is 0 Å². The Morgan fingerprint density at radius 3 is 1.75 bits per heavy atom. The van der Waals surface area contributed by atoms with E-state index in [0.29, 0.717) is 33.5 Å². The third kappa shape index (κ3) is 7.19. The molecule has 8 atom stereocenters. The van der Waals surface area contributed by atoms with Gasteiger partial charge in [0.25, 0.3) is 0 Å². The lowest BCUT2D eigenvalue weighted by Gasteiger charge is -2.72. The lowest BCUT2D eigenvalue weighted by molar-refractivity contribution is -0.235. The monoisotopic (exact) mass is 623 g/mol. The summed E-state index contributed by atoms with van der Waals surface area (Å²) in [4.78, 5) is 31.9. The van der Waals surface area contributed by atoms with E-state index in [1.165, 1.54) is 57.8 Å². The topological polar surface area (TPSA) is 101 Å². The van der Waals surface area contributed by atoms with Crippen LogP contribution in [0, 0.1) is 50.7 Å². The highest BCUT2D eigenvalue weighted by molar-refractivity contribution is 6.28. The first-order valence-electron chi connectivity index (χ1n) is 18.2. The smallest absolute Gasteiger partial charge is 0.417 e. The highest BCUT2D eigenvalue weighted by Crippen LogP contribution is 2.76. The molecular weight excluding hydrogens is 552 g/mol. The lowest BCUT2D eigenvalue weighted by Crippen LogP contribution is -2.65. The maximum absolute atomic E-state index is 12.4. The van der Waals surface area contributed by atoms with Gasteiger partial charge >= 0.3 is 17.9 Å². The average molecular weight is 623 g/mol. The largest absolute Gasteiger partial charge is 0.481 e. The average Bonchev–Trinajstić information content (AvgIpc) is 3.42. The summed E-state index contributed by atoms with van der Waals surface area (Å²) >= 11 is 0. The predicted octanol–water partition coefficient (Wildman–Crippen LogP) is 10.4. The molecular formula is C38H70O6. The molecule has 0 radical (unpaired) electrons. The van der Waals surface area contributed by atoms with Crippen molar-refractivity contribution in [1.29, 1.82) is 0 Å². The molecule has 0 aliphatic heterocycles. The summed E-state index contributed by atoms with van der Waals surface area (Å²) in [6.07, 6.45) is 16.2. The first-order chi connectivity index (χ1) is 20.6. The van der Waals surface area contributed by atoms with E-state index in [0.717, 1.165) is 37.5 Å². The molecule has 0 spiro atoms. The standard InChI is InChI=1S/C27H44O2.C4H6O4.C3H8.2C2H6/c1-23(2)12-7-13-24(3)20(23)11-15-26(5)21(24)10-9-18-19-8-6-14-27(19,22(28)29)17-16-25(18,26)4;1-2-8-4(7)3(5)6;1-3-2;2*1-2/h18-21H,6-17H2,1-5H3,(H,28,29);2H2,1H3,(H,5,6);3H2,1-2H3;2*1-2H3/t18?,19?,20?,21?,24?,25-,26?,27?;;;;/m1..../s1. The second-order valence-electron chi connectivity index (χ2n) is 15.2. The number of hydrogen-bond donors (Lipinski definition) is 2. The van der Waals surface area contributed by atoms with Crippen molar-refractivity contribution in [3.8, 4) is 0 Å². The van der Waals surface area contributed by atoms with Crippen LogP contribution in [0.5, 0.6) is 0 Å². The molecule has 5 aliphatic rings. The minimum absolute atomic E-state index is 0.102. The Hall–Kier alpha value is -1.59. The number of fused-ring (bicyclic) bond motifs is 7. The maximum atomic E-state index is 12.4. The zero-order valence-electron chi connectivity index (χ0n) is 30.7. The summed E-state index contributed by atoms with van der Waals surface area (Å²) in [7, 11) is 0. The van der Waals surface area contributed by atoms with Crippen molar-refractivity contribution < 1.29 is 29.3 Å². The third-order valence-corrected chi connectivity index (χ3v) is 13.0. The fraction of sp³-hybridized carbons (Fsp3) is 0.921. The number of esters is 1. The molecule has 7 unspecified atom stereocenters. The number of carbonyl (C=O) groups excluding carboxylic acids is 1. The number of carboxylic acid groups (broad SMARTS) is 2. The first kappa shape index (κ1) is 40.4. The Balaban J connectivity index is 0.000000548. The van der Waals surface area contributed by atoms with Gasteiger partial charge in [-0.05, 0) is 116 Å². The molecule has 0 aromatic rings. The molecule has 44 heavy (non-hydrogen) atoms. The van der Waals surface area contributed by atoms with Gasteiger partial charge in [-0.2, -0.15) is 0 Å². The van der Waals surface area contributed by atoms with Gasteiger partial charge in [-0.15, -0.1) is 0 Å². The molecule has 0 aromatic heterocycles. The van der Waals surface area contributed by atoms with E-state index in [1.807, 2.05) is 27.7 Å². The number of carbonyl (C=O) groups is 3. The molecule has 5 fully saturated rings. The van der Waals surface area contributed by atoms with Crippen LogP contribution in [0.1, 0.15) is 167 Å². The number of rotatable bonds is 2. The normalized spacial score (nSPS) is 39.0. The van der Waals surface area contributed by atoms with E-state index in [4.69, 9.17) is 5.11 Å². The summed E-state index contributed by atoms with van der Waals surface area (Å²) in [5.74, 6) is -0.459. The Bertz CT molecular complexity index is 944. The summed E-state index contributed by atoms with van der Waals surface area (Å²) in [5.41, 5.74) is 1.31. The predicted molar refractivity (Wildman–Crippen MR) is 180 cm³/mol. The van der Waals surface area contributed by atoms with Gasteiger partial charge in [-0.1, -0.05) is 95.4 Å². The second kappa shape index (κ2) is 16.3. The minimum Gasteiger partial charge on any atom is -0.481 e. The van der Waals surface area contributed by atoms with Crippen LogP contribution in [-0.2, 0) is 19.1 Å². The quantitative estimate of drug-likeness (QED) is 0.235. The Morgan fingerprint density at radius 2 is 1.25 bits per heavy atom. The fourth-order valence-electron chi connectivity index (χ4n) is 11.2. The third-order valence-electron chi connectivity index (χ3n) is 13.0. The van der Waals surface area contributed by atoms with E-state index in [2.05, 4.69) is 53.2 Å². The summed E-state index contributed by atoms with van der Waals surface area (Å²) in [6.45, 7) is 26.9. The Kier molecular flexibility index (Phi) is 15.0. The summed E-state index contributed by atoms with van der Waals surface area (Å²) in [6, 6.07) is 0. The van der Waals surface area contributed by atoms with Crippen molar-refractivity contribution in [3.63, 3.8) is 0 Å². The maximum Gasteiger partial charge on any atom is 0.417 e. The van der Waals surface area contributed by atoms with Gasteiger partial charge in [0.15, 0.2) is 0 Å². The molecule has 5 rings (SSSR count). The van der Waals surface area contributed by atoms with Crippen LogP contribution < -0.4 is 0 Å². The molecule has 0 saturated heterocycles. The summed E-state index contributed by atoms with van der Waals surface area (Å²) < 4.78 is 4.06. The SMILES string of the molecule is CC.CC.CC1(C)CCCC2(C)C1CCC1(C)C2CCC2C3CCCC3(C(=O)O)CC[C@]21C.CCC.CCOC(=O)C(=O)O. The van der Waals surface area contributed by atoms with Crippen LogP contribution in [-0.4, -0.2) is 34.7 Å². The van der Waals surface area contributed by atoms with Gasteiger partial charge in [-0.25, -0.2) is 9.59 Å². The highest BCUT2D eigenvalue weighted by atomic mass is 16.6. The minimum atomic E-state index is -1.55. The number of ether oxygens (including phenoxy) is 1. The van der Waals surface area contributed by atoms with Gasteiger partial charge in [0.05, 0.1) is 12.0 Å². The second-order valence-corrected chi connectivity index (χ2v) is 15.2. The first-order valence-corrected chi connectivity index (χ1v) is 18.2. The van der Waals surface area contributed by atoms with Gasteiger partial charge < -0.3 is 14.9 Å². The number of hydrogen-bond acceptors (Lipinski definition) is 4. The van der Waals surface area contributed by atoms with Crippen LogP contribution in [0.15, 0.2) is 0 Å². The van der Waals surface area contributed by atoms with Gasteiger partial charge in [-0.3, -0.25) is 4.79 Å². The molecule has 6 heteroatoms. The van der Waals surface area contributed by atoms with Crippen molar-refractivity contribution in [3.05, 3.63) is 0 Å². The Labute approximate surface area is 270 Å². The van der Waals surface area contributed by atoms with Crippen LogP contribution >= 0.6 is 0 Å². The van der Waals surface area contributed by atoms with Crippen LogP contribution in [0.3, 0.4) is 0 Å². The highest BCUT2D eigenvalue weighted by Gasteiger charge is 2.70. The zero-order chi connectivity index (χ0) is 34.1. The van der Waals surface area contributed by atoms with Gasteiger partial charge in [0.1, 0.15) is 0 Å². The number of aliphatic carboxylic acids is 2. The fourth-order valence-corrected chi connectivity index (χ4v) is 11.2. The van der Waals surface area contributed by atoms with Crippen LogP contribution in [0.25, 0.3) is 0 Å². The van der Waals surface area contributed by atoms with Crippen molar-refractivity contribution in [2.24, 2.45) is 50.7 Å². The molecule has 0 aromatic carbocycles. The van der Waals surface area contributed by atoms with E-state index < -0.39 is 17.9 Å². The molecule has 258 valence electrons. The Morgan fingerprint density at radius 1 is 0.659 bits per heavy atom. The molecule has 5 saturated carbocycles. The van der Waals surface area contributed by atoms with E-state index >= 15 is 0 Å². The lowest BCUT2D eigenvalue weighted by atomic mass is 9.32. The van der Waals surface area contributed by atoms with Crippen LogP contribution in [0.4, 0.5) is 0 Å². The zero-order valence-corrected chi connectivity index (χ0v) is 30.7. The van der Waals surface area contributed by atoms with Gasteiger partial charge in [0, 0.05) is 0 Å². The van der Waals surface area contributed by atoms with Crippen molar-refractivity contribution in [2.45, 2.75) is 167 Å². The molecule has 5 aliphatic carbocycles. The van der Waals surface area contributed by atoms with E-state index in [1.54, 1.807) is 6.92 Å². The molecule has 0 bridgehead atoms. The van der Waals surface area contributed by atoms with Crippen molar-refractivity contribution in [1.82, 2.24) is 0 Å². The molecule has 0 heterocycles. The molecule has 0 amide bonds.